The number of ether oxygens (including phenoxy) is 1. The Hall–Kier alpha value is -1.85. The van der Waals surface area contributed by atoms with Crippen LogP contribution in [0.25, 0.3) is 0 Å². The van der Waals surface area contributed by atoms with E-state index in [-0.39, 0.29) is 0 Å². The molecular weight excluding hydrogens is 286 g/mol. The third-order valence-corrected chi connectivity index (χ3v) is 5.35. The molecule has 0 aliphatic heterocycles. The van der Waals surface area contributed by atoms with Crippen molar-refractivity contribution in [2.45, 2.75) is 18.1 Å². The normalized spacial score (nSPS) is 14.4. The highest BCUT2D eigenvalue weighted by atomic mass is 32.2. The average Bonchev–Trinajstić information content (AvgIpc) is 2.47. The van der Waals surface area contributed by atoms with Crippen LogP contribution in [0.15, 0.2) is 54.6 Å². The van der Waals surface area contributed by atoms with Gasteiger partial charge >= 0.3 is 0 Å². The second-order valence-corrected chi connectivity index (χ2v) is 7.16. The molecule has 0 saturated carbocycles. The molecule has 2 aromatic rings. The fourth-order valence-corrected chi connectivity index (χ4v) is 3.12. The van der Waals surface area contributed by atoms with Gasteiger partial charge in [0.15, 0.2) is 0 Å². The van der Waals surface area contributed by atoms with Gasteiger partial charge in [-0.05, 0) is 36.6 Å². The first kappa shape index (κ1) is 15.5. The molecule has 2 aromatic carbocycles. The van der Waals surface area contributed by atoms with Gasteiger partial charge in [0.2, 0.25) is 10.0 Å². The van der Waals surface area contributed by atoms with E-state index in [1.807, 2.05) is 42.5 Å². The van der Waals surface area contributed by atoms with Crippen LogP contribution in [0.3, 0.4) is 0 Å². The second-order valence-electron chi connectivity index (χ2n) is 5.17. The largest absolute Gasteiger partial charge is 0.497 e. The maximum atomic E-state index is 12.1. The molecule has 0 amide bonds. The first-order chi connectivity index (χ1) is 9.87. The number of rotatable bonds is 5. The number of primary sulfonamides is 1. The standard InChI is InChI=1S/C16H19NO3S/c1-16(21(17,18)19,14-6-4-3-5-7-14)12-13-8-10-15(20-2)11-9-13/h3-11H,12H2,1-2H3,(H2,17,18,19). The molecule has 0 bridgehead atoms. The Morgan fingerprint density at radius 3 is 2.10 bits per heavy atom. The summed E-state index contributed by atoms with van der Waals surface area (Å²) in [6.07, 6.45) is 0.305. The van der Waals surface area contributed by atoms with Crippen molar-refractivity contribution in [3.8, 4) is 5.75 Å². The second kappa shape index (κ2) is 5.87. The Balaban J connectivity index is 2.42. The fourth-order valence-electron chi connectivity index (χ4n) is 2.29. The summed E-state index contributed by atoms with van der Waals surface area (Å²) in [7, 11) is -2.17. The number of benzene rings is 2. The number of sulfonamides is 1. The van der Waals surface area contributed by atoms with Crippen LogP contribution in [-0.4, -0.2) is 15.5 Å². The summed E-state index contributed by atoms with van der Waals surface area (Å²) in [4.78, 5) is 0. The molecule has 1 unspecified atom stereocenters. The Morgan fingerprint density at radius 1 is 1.05 bits per heavy atom. The SMILES string of the molecule is COc1ccc(CC(C)(c2ccccc2)S(N)(=O)=O)cc1. The maximum Gasteiger partial charge on any atom is 0.219 e. The molecule has 5 heteroatoms. The van der Waals surface area contributed by atoms with Crippen molar-refractivity contribution in [3.05, 3.63) is 65.7 Å². The third-order valence-electron chi connectivity index (χ3n) is 3.71. The van der Waals surface area contributed by atoms with Crippen molar-refractivity contribution >= 4 is 10.0 Å². The van der Waals surface area contributed by atoms with Gasteiger partial charge in [0.05, 0.1) is 7.11 Å². The van der Waals surface area contributed by atoms with Crippen molar-refractivity contribution in [1.82, 2.24) is 0 Å². The quantitative estimate of drug-likeness (QED) is 0.922. The summed E-state index contributed by atoms with van der Waals surface area (Å²) in [5.74, 6) is 0.732. The van der Waals surface area contributed by atoms with Crippen LogP contribution in [0.1, 0.15) is 18.1 Å². The minimum absolute atomic E-state index is 0.305. The van der Waals surface area contributed by atoms with E-state index in [0.29, 0.717) is 12.0 Å². The Labute approximate surface area is 125 Å². The summed E-state index contributed by atoms with van der Waals surface area (Å²) >= 11 is 0. The molecule has 0 heterocycles. The van der Waals surface area contributed by atoms with Gasteiger partial charge in [-0.25, -0.2) is 13.6 Å². The Kier molecular flexibility index (Phi) is 4.34. The highest BCUT2D eigenvalue weighted by Gasteiger charge is 2.38. The molecular formula is C16H19NO3S. The number of hydrogen-bond donors (Lipinski definition) is 1. The zero-order valence-corrected chi connectivity index (χ0v) is 12.9. The highest BCUT2D eigenvalue weighted by Crippen LogP contribution is 2.32. The van der Waals surface area contributed by atoms with Gasteiger partial charge in [0.25, 0.3) is 0 Å². The minimum atomic E-state index is -3.76. The molecule has 112 valence electrons. The number of nitrogens with two attached hydrogens (primary N) is 1. The summed E-state index contributed by atoms with van der Waals surface area (Å²) in [6.45, 7) is 1.65. The molecule has 0 aliphatic rings. The molecule has 0 spiro atoms. The van der Waals surface area contributed by atoms with Crippen LogP contribution >= 0.6 is 0 Å². The van der Waals surface area contributed by atoms with E-state index in [4.69, 9.17) is 9.88 Å². The molecule has 0 aliphatic carbocycles. The molecule has 2 rings (SSSR count). The number of hydrogen-bond acceptors (Lipinski definition) is 3. The van der Waals surface area contributed by atoms with Crippen LogP contribution in [0.4, 0.5) is 0 Å². The summed E-state index contributed by atoms with van der Waals surface area (Å²) in [5.41, 5.74) is 1.57. The summed E-state index contributed by atoms with van der Waals surface area (Å²) < 4.78 is 28.2. The van der Waals surface area contributed by atoms with Gasteiger partial charge < -0.3 is 4.74 Å². The minimum Gasteiger partial charge on any atom is -0.497 e. The summed E-state index contributed by atoms with van der Waals surface area (Å²) in [5, 5.41) is 5.50. The lowest BCUT2D eigenvalue weighted by molar-refractivity contribution is 0.414. The van der Waals surface area contributed by atoms with Gasteiger partial charge in [-0.3, -0.25) is 0 Å². The van der Waals surface area contributed by atoms with E-state index >= 15 is 0 Å². The van der Waals surface area contributed by atoms with E-state index in [1.54, 1.807) is 26.2 Å². The Morgan fingerprint density at radius 2 is 1.62 bits per heavy atom. The van der Waals surface area contributed by atoms with Crippen LogP contribution in [-0.2, 0) is 21.2 Å². The highest BCUT2D eigenvalue weighted by molar-refractivity contribution is 7.90. The van der Waals surface area contributed by atoms with Gasteiger partial charge in [-0.1, -0.05) is 42.5 Å². The van der Waals surface area contributed by atoms with E-state index in [9.17, 15) is 8.42 Å². The van der Waals surface area contributed by atoms with Gasteiger partial charge in [0.1, 0.15) is 10.5 Å². The first-order valence-electron chi connectivity index (χ1n) is 6.57. The number of methoxy groups -OCH3 is 1. The molecule has 21 heavy (non-hydrogen) atoms. The van der Waals surface area contributed by atoms with Gasteiger partial charge in [-0.15, -0.1) is 0 Å². The average molecular weight is 305 g/mol. The van der Waals surface area contributed by atoms with E-state index in [2.05, 4.69) is 0 Å². The van der Waals surface area contributed by atoms with Crippen LogP contribution in [0, 0.1) is 0 Å². The van der Waals surface area contributed by atoms with E-state index in [1.165, 1.54) is 0 Å². The first-order valence-corrected chi connectivity index (χ1v) is 8.12. The Bertz CT molecular complexity index is 696. The van der Waals surface area contributed by atoms with Crippen LogP contribution < -0.4 is 9.88 Å². The maximum absolute atomic E-state index is 12.1. The van der Waals surface area contributed by atoms with Crippen molar-refractivity contribution in [2.24, 2.45) is 5.14 Å². The molecule has 0 fully saturated rings. The lowest BCUT2D eigenvalue weighted by Crippen LogP contribution is -2.40. The summed E-state index contributed by atoms with van der Waals surface area (Å²) in [6, 6.07) is 16.4. The predicted molar refractivity (Wildman–Crippen MR) is 83.6 cm³/mol. The zero-order valence-electron chi connectivity index (χ0n) is 12.1. The smallest absolute Gasteiger partial charge is 0.219 e. The predicted octanol–water partition coefficient (Wildman–Crippen LogP) is 2.44. The van der Waals surface area contributed by atoms with Gasteiger partial charge in [-0.2, -0.15) is 0 Å². The zero-order chi connectivity index (χ0) is 15.5. The molecule has 2 N–H and O–H groups in total. The molecule has 0 radical (unpaired) electrons. The van der Waals surface area contributed by atoms with Crippen molar-refractivity contribution in [1.29, 1.82) is 0 Å². The van der Waals surface area contributed by atoms with Crippen LogP contribution in [0.5, 0.6) is 5.75 Å². The molecule has 4 nitrogen and oxygen atoms in total. The third kappa shape index (κ3) is 3.25. The van der Waals surface area contributed by atoms with E-state index < -0.39 is 14.8 Å². The molecule has 1 atom stereocenters. The lowest BCUT2D eigenvalue weighted by Gasteiger charge is -2.28. The molecule has 0 saturated heterocycles. The fraction of sp³-hybridized carbons (Fsp3) is 0.250. The van der Waals surface area contributed by atoms with Gasteiger partial charge in [0, 0.05) is 0 Å². The van der Waals surface area contributed by atoms with Crippen molar-refractivity contribution < 1.29 is 13.2 Å². The topological polar surface area (TPSA) is 69.4 Å². The van der Waals surface area contributed by atoms with Crippen LogP contribution in [0.2, 0.25) is 0 Å². The molecule has 0 aromatic heterocycles. The van der Waals surface area contributed by atoms with Crippen molar-refractivity contribution in [2.75, 3.05) is 7.11 Å². The monoisotopic (exact) mass is 305 g/mol. The van der Waals surface area contributed by atoms with E-state index in [0.717, 1.165) is 11.3 Å². The van der Waals surface area contributed by atoms with Crippen molar-refractivity contribution in [3.63, 3.8) is 0 Å². The lowest BCUT2D eigenvalue weighted by atomic mass is 9.92.